The van der Waals surface area contributed by atoms with E-state index in [9.17, 15) is 0 Å². The molecule has 2 heterocycles. The van der Waals surface area contributed by atoms with Gasteiger partial charge in [0.25, 0.3) is 0 Å². The van der Waals surface area contributed by atoms with Crippen molar-refractivity contribution in [3.63, 3.8) is 0 Å². The highest BCUT2D eigenvalue weighted by Crippen LogP contribution is 2.34. The maximum absolute atomic E-state index is 5.03. The molecule has 38 heavy (non-hydrogen) atoms. The highest BCUT2D eigenvalue weighted by Gasteiger charge is 2.19. The Hall–Kier alpha value is -4.96. The average Bonchev–Trinajstić information content (AvgIpc) is 3.00. The van der Waals surface area contributed by atoms with Gasteiger partial charge in [0, 0.05) is 35.4 Å². The largest absolute Gasteiger partial charge is 0.299 e. The molecule has 1 aliphatic heterocycles. The molecule has 184 valence electrons. The summed E-state index contributed by atoms with van der Waals surface area (Å²) in [5.41, 5.74) is 6.67. The molecule has 4 aromatic carbocycles. The van der Waals surface area contributed by atoms with Crippen LogP contribution < -0.4 is 9.80 Å². The Balaban J connectivity index is 1.25. The van der Waals surface area contributed by atoms with Crippen LogP contribution in [0.2, 0.25) is 0 Å². The van der Waals surface area contributed by atoms with Crippen LogP contribution in [0.25, 0.3) is 5.57 Å². The molecule has 0 spiro atoms. The van der Waals surface area contributed by atoms with Crippen LogP contribution >= 0.6 is 0 Å². The fraction of sp³-hybridized carbons (Fsp3) is 0.0588. The number of rotatable bonds is 6. The average molecular weight is 493 g/mol. The summed E-state index contributed by atoms with van der Waals surface area (Å²) in [6.07, 6.45) is 5.00. The molecule has 0 saturated heterocycles. The van der Waals surface area contributed by atoms with Crippen LogP contribution in [0.1, 0.15) is 12.0 Å². The minimum absolute atomic E-state index is 0.619. The third kappa shape index (κ3) is 4.97. The van der Waals surface area contributed by atoms with Gasteiger partial charge in [-0.2, -0.15) is 0 Å². The van der Waals surface area contributed by atoms with Crippen molar-refractivity contribution in [2.24, 2.45) is 4.99 Å². The minimum atomic E-state index is 0.619. The monoisotopic (exact) mass is 492 g/mol. The van der Waals surface area contributed by atoms with Crippen LogP contribution in [-0.2, 0) is 0 Å². The lowest BCUT2D eigenvalue weighted by Gasteiger charge is -2.28. The number of nitrogens with zero attached hydrogens (tertiary/aromatic N) is 4. The molecule has 0 N–H and O–H groups in total. The van der Waals surface area contributed by atoms with E-state index in [0.29, 0.717) is 6.54 Å². The molecule has 0 saturated carbocycles. The number of hydrogen-bond acceptors (Lipinski definition) is 4. The fourth-order valence-electron chi connectivity index (χ4n) is 4.77. The lowest BCUT2D eigenvalue weighted by molar-refractivity contribution is 1.12. The van der Waals surface area contributed by atoms with Gasteiger partial charge in [0.15, 0.2) is 0 Å². The van der Waals surface area contributed by atoms with Gasteiger partial charge >= 0.3 is 0 Å². The first-order valence-electron chi connectivity index (χ1n) is 12.9. The Morgan fingerprint density at radius 3 is 1.37 bits per heavy atom. The zero-order valence-corrected chi connectivity index (χ0v) is 21.1. The van der Waals surface area contributed by atoms with E-state index in [2.05, 4.69) is 125 Å². The molecule has 4 heteroatoms. The Labute approximate surface area is 223 Å². The number of benzene rings is 4. The second-order valence-corrected chi connectivity index (χ2v) is 9.08. The van der Waals surface area contributed by atoms with E-state index in [1.807, 2.05) is 30.5 Å². The predicted octanol–water partition coefficient (Wildman–Crippen LogP) is 8.58. The maximum atomic E-state index is 5.03. The van der Waals surface area contributed by atoms with E-state index in [-0.39, 0.29) is 0 Å². The topological polar surface area (TPSA) is 31.7 Å². The Morgan fingerprint density at radius 2 is 0.974 bits per heavy atom. The van der Waals surface area contributed by atoms with Crippen molar-refractivity contribution < 1.29 is 0 Å². The summed E-state index contributed by atoms with van der Waals surface area (Å²) >= 11 is 0. The summed E-state index contributed by atoms with van der Waals surface area (Å²) in [7, 11) is 0. The molecule has 0 unspecified atom stereocenters. The number of aliphatic imine (C=N–C) groups is 1. The van der Waals surface area contributed by atoms with Gasteiger partial charge in [0.05, 0.1) is 6.54 Å². The van der Waals surface area contributed by atoms with Gasteiger partial charge in [-0.25, -0.2) is 4.98 Å². The van der Waals surface area contributed by atoms with Gasteiger partial charge in [0.1, 0.15) is 11.7 Å². The first-order chi connectivity index (χ1) is 18.9. The molecule has 4 nitrogen and oxygen atoms in total. The quantitative estimate of drug-likeness (QED) is 0.238. The minimum Gasteiger partial charge on any atom is -0.299 e. The van der Waals surface area contributed by atoms with Gasteiger partial charge in [-0.05, 0) is 71.8 Å². The SMILES string of the molecule is C1=C(c2ccc(N(c3ccccc3)c3ccccc3)nc2)CN=C(N(c2ccccc2)c2ccccc2)C1. The molecule has 0 amide bonds. The zero-order chi connectivity index (χ0) is 25.6. The summed E-state index contributed by atoms with van der Waals surface area (Å²) in [5, 5.41) is 0. The molecule has 1 aliphatic rings. The van der Waals surface area contributed by atoms with Crippen LogP contribution in [0.4, 0.5) is 28.6 Å². The molecule has 0 aliphatic carbocycles. The van der Waals surface area contributed by atoms with Crippen molar-refractivity contribution in [3.8, 4) is 0 Å². The van der Waals surface area contributed by atoms with Crippen molar-refractivity contribution in [1.29, 1.82) is 0 Å². The van der Waals surface area contributed by atoms with E-state index in [1.165, 1.54) is 5.57 Å². The van der Waals surface area contributed by atoms with Crippen LogP contribution in [0, 0.1) is 0 Å². The summed E-state index contributed by atoms with van der Waals surface area (Å²) in [5.74, 6) is 1.92. The number of pyridine rings is 1. The zero-order valence-electron chi connectivity index (χ0n) is 21.1. The number of para-hydroxylation sites is 4. The van der Waals surface area contributed by atoms with Gasteiger partial charge in [-0.15, -0.1) is 0 Å². The molecule has 0 radical (unpaired) electrons. The third-order valence-electron chi connectivity index (χ3n) is 6.63. The molecule has 1 aromatic heterocycles. The standard InChI is InChI=1S/C34H28N4/c1-5-13-29(14-6-1)37(30-15-7-2-8-16-30)33-23-21-27(25-35-33)28-22-24-34(36-26-28)38(31-17-9-3-10-18-31)32-19-11-4-12-20-32/h1-23,25H,24,26H2. The summed E-state index contributed by atoms with van der Waals surface area (Å²) < 4.78 is 0. The van der Waals surface area contributed by atoms with E-state index in [1.54, 1.807) is 0 Å². The van der Waals surface area contributed by atoms with Crippen molar-refractivity contribution in [2.75, 3.05) is 16.3 Å². The van der Waals surface area contributed by atoms with Crippen LogP contribution in [0.5, 0.6) is 0 Å². The summed E-state index contributed by atoms with van der Waals surface area (Å²) in [6, 6.07) is 45.8. The molecule has 6 rings (SSSR count). The molecule has 0 fully saturated rings. The Bertz CT molecular complexity index is 1450. The van der Waals surface area contributed by atoms with Crippen LogP contribution in [-0.4, -0.2) is 17.4 Å². The van der Waals surface area contributed by atoms with Crippen LogP contribution in [0.3, 0.4) is 0 Å². The molecular weight excluding hydrogens is 464 g/mol. The summed E-state index contributed by atoms with van der Waals surface area (Å²) in [4.78, 5) is 14.3. The Kier molecular flexibility index (Phi) is 6.77. The third-order valence-corrected chi connectivity index (χ3v) is 6.63. The number of dihydropyridines is 1. The number of amidine groups is 1. The van der Waals surface area contributed by atoms with Gasteiger partial charge < -0.3 is 0 Å². The van der Waals surface area contributed by atoms with Crippen molar-refractivity contribution in [1.82, 2.24) is 4.98 Å². The fourth-order valence-corrected chi connectivity index (χ4v) is 4.77. The summed E-state index contributed by atoms with van der Waals surface area (Å²) in [6.45, 7) is 0.619. The molecule has 5 aromatic rings. The second-order valence-electron chi connectivity index (χ2n) is 9.08. The lowest BCUT2D eigenvalue weighted by Crippen LogP contribution is -2.27. The van der Waals surface area contributed by atoms with E-state index in [4.69, 9.17) is 9.98 Å². The lowest BCUT2D eigenvalue weighted by atomic mass is 10.0. The van der Waals surface area contributed by atoms with E-state index < -0.39 is 0 Å². The Morgan fingerprint density at radius 1 is 0.500 bits per heavy atom. The molecular formula is C34H28N4. The first kappa shape index (κ1) is 23.4. The highest BCUT2D eigenvalue weighted by atomic mass is 15.2. The molecule has 0 atom stereocenters. The second kappa shape index (κ2) is 11.0. The normalized spacial score (nSPS) is 12.8. The van der Waals surface area contributed by atoms with E-state index >= 15 is 0 Å². The maximum Gasteiger partial charge on any atom is 0.137 e. The van der Waals surface area contributed by atoms with Gasteiger partial charge in [0.2, 0.25) is 0 Å². The van der Waals surface area contributed by atoms with Gasteiger partial charge in [-0.3, -0.25) is 14.8 Å². The first-order valence-corrected chi connectivity index (χ1v) is 12.9. The van der Waals surface area contributed by atoms with Crippen LogP contribution in [0.15, 0.2) is 151 Å². The highest BCUT2D eigenvalue weighted by molar-refractivity contribution is 6.06. The van der Waals surface area contributed by atoms with Crippen molar-refractivity contribution in [3.05, 3.63) is 151 Å². The smallest absolute Gasteiger partial charge is 0.137 e. The molecule has 0 bridgehead atoms. The van der Waals surface area contributed by atoms with Crippen molar-refractivity contribution >= 4 is 40.0 Å². The van der Waals surface area contributed by atoms with Gasteiger partial charge in [-0.1, -0.05) is 78.9 Å². The van der Waals surface area contributed by atoms with Crippen molar-refractivity contribution in [2.45, 2.75) is 6.42 Å². The number of hydrogen-bond donors (Lipinski definition) is 0. The van der Waals surface area contributed by atoms with E-state index in [0.717, 1.165) is 46.4 Å². The number of aromatic nitrogens is 1. The number of anilines is 5. The predicted molar refractivity (Wildman–Crippen MR) is 159 cm³/mol.